The number of carbonyl (C=O) groups is 1. The number of ether oxygens (including phenoxy) is 1. The molecule has 0 aromatic heterocycles. The third kappa shape index (κ3) is 7.66. The van der Waals surface area contributed by atoms with Crippen LogP contribution in [-0.2, 0) is 11.3 Å². The Morgan fingerprint density at radius 3 is 2.76 bits per heavy atom. The zero-order chi connectivity index (χ0) is 15.7. The van der Waals surface area contributed by atoms with Crippen LogP contribution in [-0.4, -0.2) is 25.8 Å². The summed E-state index contributed by atoms with van der Waals surface area (Å²) in [5.41, 5.74) is 1.46. The average molecular weight is 296 g/mol. The van der Waals surface area contributed by atoms with Crippen molar-refractivity contribution < 1.29 is 13.9 Å². The molecule has 0 fully saturated rings. The van der Waals surface area contributed by atoms with E-state index in [1.165, 1.54) is 6.07 Å². The van der Waals surface area contributed by atoms with Gasteiger partial charge in [0.2, 0.25) is 0 Å². The first-order chi connectivity index (χ1) is 9.99. The second kappa shape index (κ2) is 9.34. The van der Waals surface area contributed by atoms with Crippen molar-refractivity contribution in [1.29, 1.82) is 0 Å². The Morgan fingerprint density at radius 1 is 1.33 bits per heavy atom. The van der Waals surface area contributed by atoms with E-state index in [2.05, 4.69) is 24.5 Å². The topological polar surface area (TPSA) is 50.4 Å². The van der Waals surface area contributed by atoms with Gasteiger partial charge in [-0.15, -0.1) is 0 Å². The molecule has 2 N–H and O–H groups in total. The van der Waals surface area contributed by atoms with E-state index in [9.17, 15) is 9.18 Å². The maximum absolute atomic E-state index is 13.1. The van der Waals surface area contributed by atoms with E-state index in [0.29, 0.717) is 31.2 Å². The molecule has 5 heteroatoms. The predicted octanol–water partition coefficient (Wildman–Crippen LogP) is 3.00. The van der Waals surface area contributed by atoms with Crippen LogP contribution in [0.15, 0.2) is 18.2 Å². The summed E-state index contributed by atoms with van der Waals surface area (Å²) < 4.78 is 18.5. The minimum atomic E-state index is -0.232. The summed E-state index contributed by atoms with van der Waals surface area (Å²) >= 11 is 0. The van der Waals surface area contributed by atoms with Crippen LogP contribution < -0.4 is 10.6 Å². The monoisotopic (exact) mass is 296 g/mol. The lowest BCUT2D eigenvalue weighted by Crippen LogP contribution is -2.35. The first kappa shape index (κ1) is 17.4. The van der Waals surface area contributed by atoms with Gasteiger partial charge in [-0.2, -0.15) is 0 Å². The fourth-order valence-electron chi connectivity index (χ4n) is 1.76. The number of nitrogens with one attached hydrogen (secondary N) is 2. The van der Waals surface area contributed by atoms with Gasteiger partial charge in [-0.3, -0.25) is 0 Å². The maximum atomic E-state index is 13.1. The summed E-state index contributed by atoms with van der Waals surface area (Å²) in [5, 5.41) is 5.50. The Kier molecular flexibility index (Phi) is 7.75. The largest absolute Gasteiger partial charge is 0.381 e. The summed E-state index contributed by atoms with van der Waals surface area (Å²) in [6.45, 7) is 8.26. The first-order valence-corrected chi connectivity index (χ1v) is 7.33. The molecule has 2 amide bonds. The molecule has 1 aromatic carbocycles. The zero-order valence-electron chi connectivity index (χ0n) is 13.0. The van der Waals surface area contributed by atoms with E-state index in [4.69, 9.17) is 4.74 Å². The number of amides is 2. The number of aryl methyl sites for hydroxylation is 1. The number of urea groups is 1. The van der Waals surface area contributed by atoms with Gasteiger partial charge in [-0.05, 0) is 36.5 Å². The van der Waals surface area contributed by atoms with Crippen LogP contribution in [0.1, 0.15) is 31.4 Å². The highest BCUT2D eigenvalue weighted by Crippen LogP contribution is 2.08. The normalized spacial score (nSPS) is 10.7. The third-order valence-corrected chi connectivity index (χ3v) is 2.88. The molecule has 0 radical (unpaired) electrons. The predicted molar refractivity (Wildman–Crippen MR) is 81.6 cm³/mol. The number of hydrogen-bond acceptors (Lipinski definition) is 2. The van der Waals surface area contributed by atoms with Crippen molar-refractivity contribution in [2.75, 3.05) is 19.8 Å². The molecule has 0 atom stereocenters. The molecule has 1 aromatic rings. The van der Waals surface area contributed by atoms with Crippen molar-refractivity contribution in [3.63, 3.8) is 0 Å². The fourth-order valence-corrected chi connectivity index (χ4v) is 1.76. The zero-order valence-corrected chi connectivity index (χ0v) is 13.0. The van der Waals surface area contributed by atoms with E-state index in [-0.39, 0.29) is 11.8 Å². The number of hydrogen-bond donors (Lipinski definition) is 2. The summed E-state index contributed by atoms with van der Waals surface area (Å²) in [6.07, 6.45) is 0.787. The standard InChI is InChI=1S/C16H25FN2O2/c1-12(2)11-21-8-4-7-18-16(20)19-10-14-5-6-15(17)13(3)9-14/h5-6,9,12H,4,7-8,10-11H2,1-3H3,(H2,18,19,20). The van der Waals surface area contributed by atoms with Gasteiger partial charge in [0.05, 0.1) is 0 Å². The van der Waals surface area contributed by atoms with Crippen LogP contribution in [0, 0.1) is 18.7 Å². The molecular weight excluding hydrogens is 271 g/mol. The van der Waals surface area contributed by atoms with Crippen molar-refractivity contribution in [3.8, 4) is 0 Å². The van der Waals surface area contributed by atoms with E-state index in [1.807, 2.05) is 0 Å². The second-order valence-corrected chi connectivity index (χ2v) is 5.52. The van der Waals surface area contributed by atoms with E-state index >= 15 is 0 Å². The molecule has 0 aliphatic rings. The van der Waals surface area contributed by atoms with Gasteiger partial charge in [0.1, 0.15) is 5.82 Å². The SMILES string of the molecule is Cc1cc(CNC(=O)NCCCOCC(C)C)ccc1F. The van der Waals surface area contributed by atoms with Crippen LogP contribution >= 0.6 is 0 Å². The smallest absolute Gasteiger partial charge is 0.315 e. The van der Waals surface area contributed by atoms with Crippen molar-refractivity contribution in [1.82, 2.24) is 10.6 Å². The summed E-state index contributed by atoms with van der Waals surface area (Å²) in [6, 6.07) is 4.59. The first-order valence-electron chi connectivity index (χ1n) is 7.33. The molecule has 0 heterocycles. The van der Waals surface area contributed by atoms with Crippen LogP contribution in [0.5, 0.6) is 0 Å². The lowest BCUT2D eigenvalue weighted by Gasteiger charge is -2.09. The average Bonchev–Trinajstić information content (AvgIpc) is 2.43. The van der Waals surface area contributed by atoms with E-state index in [1.54, 1.807) is 19.1 Å². The van der Waals surface area contributed by atoms with Gasteiger partial charge >= 0.3 is 6.03 Å². The fraction of sp³-hybridized carbons (Fsp3) is 0.562. The van der Waals surface area contributed by atoms with Crippen molar-refractivity contribution >= 4 is 6.03 Å². The number of benzene rings is 1. The molecule has 21 heavy (non-hydrogen) atoms. The highest BCUT2D eigenvalue weighted by molar-refractivity contribution is 5.73. The Labute approximate surface area is 126 Å². The van der Waals surface area contributed by atoms with Crippen LogP contribution in [0.25, 0.3) is 0 Å². The molecule has 118 valence electrons. The number of halogens is 1. The Bertz CT molecular complexity index is 450. The van der Waals surface area contributed by atoms with Gasteiger partial charge in [-0.25, -0.2) is 9.18 Å². The second-order valence-electron chi connectivity index (χ2n) is 5.52. The van der Waals surface area contributed by atoms with Gasteiger partial charge in [-0.1, -0.05) is 26.0 Å². The maximum Gasteiger partial charge on any atom is 0.315 e. The van der Waals surface area contributed by atoms with Crippen molar-refractivity contribution in [3.05, 3.63) is 35.1 Å². The lowest BCUT2D eigenvalue weighted by molar-refractivity contribution is 0.108. The Morgan fingerprint density at radius 2 is 2.10 bits per heavy atom. The molecule has 0 bridgehead atoms. The number of carbonyl (C=O) groups excluding carboxylic acids is 1. The minimum Gasteiger partial charge on any atom is -0.381 e. The molecule has 0 aliphatic heterocycles. The number of rotatable bonds is 8. The molecule has 0 unspecified atom stereocenters. The molecular formula is C16H25FN2O2. The molecule has 0 saturated carbocycles. The highest BCUT2D eigenvalue weighted by atomic mass is 19.1. The van der Waals surface area contributed by atoms with Crippen LogP contribution in [0.2, 0.25) is 0 Å². The Hall–Kier alpha value is -1.62. The third-order valence-electron chi connectivity index (χ3n) is 2.88. The van der Waals surface area contributed by atoms with Gasteiger partial charge in [0.15, 0.2) is 0 Å². The van der Waals surface area contributed by atoms with Crippen LogP contribution in [0.3, 0.4) is 0 Å². The lowest BCUT2D eigenvalue weighted by atomic mass is 10.1. The van der Waals surface area contributed by atoms with Gasteiger partial charge < -0.3 is 15.4 Å². The molecule has 4 nitrogen and oxygen atoms in total. The quantitative estimate of drug-likeness (QED) is 0.725. The summed E-state index contributed by atoms with van der Waals surface area (Å²) in [7, 11) is 0. The molecule has 0 aliphatic carbocycles. The van der Waals surface area contributed by atoms with Gasteiger partial charge in [0.25, 0.3) is 0 Å². The van der Waals surface area contributed by atoms with Gasteiger partial charge in [0, 0.05) is 26.3 Å². The molecule has 1 rings (SSSR count). The van der Waals surface area contributed by atoms with Crippen LogP contribution in [0.4, 0.5) is 9.18 Å². The molecule has 0 saturated heterocycles. The summed E-state index contributed by atoms with van der Waals surface area (Å²) in [4.78, 5) is 11.6. The highest BCUT2D eigenvalue weighted by Gasteiger charge is 2.02. The van der Waals surface area contributed by atoms with E-state index < -0.39 is 0 Å². The van der Waals surface area contributed by atoms with Crippen molar-refractivity contribution in [2.45, 2.75) is 33.7 Å². The Balaban J connectivity index is 2.12. The summed E-state index contributed by atoms with van der Waals surface area (Å²) in [5.74, 6) is 0.296. The molecule has 0 spiro atoms. The van der Waals surface area contributed by atoms with Crippen molar-refractivity contribution in [2.24, 2.45) is 5.92 Å². The van der Waals surface area contributed by atoms with E-state index in [0.717, 1.165) is 18.6 Å². The minimum absolute atomic E-state index is 0.221.